The van der Waals surface area contributed by atoms with Crippen LogP contribution in [0.3, 0.4) is 0 Å². The fraction of sp³-hybridized carbons (Fsp3) is 0.600. The van der Waals surface area contributed by atoms with Gasteiger partial charge in [0.1, 0.15) is 24.4 Å². The second kappa shape index (κ2) is 7.91. The number of hydrogen-bond donors (Lipinski definition) is 6. The molecule has 1 saturated heterocycles. The Labute approximate surface area is 133 Å². The first kappa shape index (κ1) is 17.9. The van der Waals surface area contributed by atoms with E-state index in [0.29, 0.717) is 12.3 Å². The Bertz CT molecular complexity index is 511. The van der Waals surface area contributed by atoms with Crippen LogP contribution in [-0.2, 0) is 11.3 Å². The van der Waals surface area contributed by atoms with Crippen LogP contribution in [0.1, 0.15) is 5.56 Å². The largest absolute Gasteiger partial charge is 0.504 e. The van der Waals surface area contributed by atoms with Gasteiger partial charge in [-0.1, -0.05) is 6.07 Å². The molecule has 1 heterocycles. The molecule has 23 heavy (non-hydrogen) atoms. The van der Waals surface area contributed by atoms with E-state index in [0.717, 1.165) is 5.56 Å². The minimum absolute atomic E-state index is 0.0465. The molecule has 0 aliphatic carbocycles. The maximum Gasteiger partial charge on any atom is 0.160 e. The maximum absolute atomic E-state index is 9.93. The fourth-order valence-corrected chi connectivity index (χ4v) is 2.54. The normalized spacial score (nSPS) is 31.1. The quantitative estimate of drug-likeness (QED) is 0.365. The van der Waals surface area contributed by atoms with Gasteiger partial charge in [0, 0.05) is 13.1 Å². The molecular formula is C15H23NO7. The van der Waals surface area contributed by atoms with E-state index in [-0.39, 0.29) is 12.3 Å². The molecule has 0 bridgehead atoms. The number of hydrogen-bond acceptors (Lipinski definition) is 8. The molecule has 2 rings (SSSR count). The number of aliphatic hydroxyl groups excluding tert-OH is 4. The van der Waals surface area contributed by atoms with Crippen LogP contribution in [0, 0.1) is 0 Å². The zero-order valence-electron chi connectivity index (χ0n) is 12.8. The second-order valence-corrected chi connectivity index (χ2v) is 5.50. The molecule has 0 aromatic heterocycles. The molecule has 1 fully saturated rings. The van der Waals surface area contributed by atoms with E-state index in [1.807, 2.05) is 0 Å². The number of phenolic OH excluding ortho intramolecular Hbond substituents is 1. The Morgan fingerprint density at radius 3 is 2.48 bits per heavy atom. The predicted octanol–water partition coefficient (Wildman–Crippen LogP) is -1.67. The zero-order valence-corrected chi connectivity index (χ0v) is 12.8. The van der Waals surface area contributed by atoms with Crippen molar-refractivity contribution in [2.75, 3.05) is 20.3 Å². The summed E-state index contributed by atoms with van der Waals surface area (Å²) in [5.74, 6) is 0.405. The SMILES string of the molecule is COc1cc(CNC[C@@H]2O[C@H](CO)[C@@H](O)[C@H](O)[C@H]2O)ccc1O. The molecule has 1 aromatic carbocycles. The molecule has 0 radical (unpaired) electrons. The van der Waals surface area contributed by atoms with Crippen LogP contribution in [0.5, 0.6) is 11.5 Å². The van der Waals surface area contributed by atoms with Crippen LogP contribution in [0.4, 0.5) is 0 Å². The van der Waals surface area contributed by atoms with Crippen molar-refractivity contribution < 1.29 is 35.0 Å². The summed E-state index contributed by atoms with van der Waals surface area (Å²) in [4.78, 5) is 0. The number of benzene rings is 1. The molecule has 8 nitrogen and oxygen atoms in total. The number of methoxy groups -OCH3 is 1. The first-order valence-corrected chi connectivity index (χ1v) is 7.35. The summed E-state index contributed by atoms with van der Waals surface area (Å²) in [5, 5.41) is 51.1. The van der Waals surface area contributed by atoms with E-state index in [1.54, 1.807) is 12.1 Å². The van der Waals surface area contributed by atoms with E-state index in [2.05, 4.69) is 5.32 Å². The Kier molecular flexibility index (Phi) is 6.17. The van der Waals surface area contributed by atoms with Crippen LogP contribution in [0.25, 0.3) is 0 Å². The molecule has 5 atom stereocenters. The molecule has 1 aliphatic heterocycles. The monoisotopic (exact) mass is 329 g/mol. The second-order valence-electron chi connectivity index (χ2n) is 5.50. The zero-order chi connectivity index (χ0) is 17.0. The van der Waals surface area contributed by atoms with Gasteiger partial charge in [-0.15, -0.1) is 0 Å². The smallest absolute Gasteiger partial charge is 0.160 e. The molecule has 0 saturated carbocycles. The van der Waals surface area contributed by atoms with Gasteiger partial charge in [-0.3, -0.25) is 0 Å². The van der Waals surface area contributed by atoms with Gasteiger partial charge in [-0.25, -0.2) is 0 Å². The highest BCUT2D eigenvalue weighted by molar-refractivity contribution is 5.41. The van der Waals surface area contributed by atoms with Crippen molar-refractivity contribution in [3.63, 3.8) is 0 Å². The summed E-state index contributed by atoms with van der Waals surface area (Å²) in [7, 11) is 1.46. The van der Waals surface area contributed by atoms with Crippen LogP contribution >= 0.6 is 0 Å². The summed E-state index contributed by atoms with van der Waals surface area (Å²) >= 11 is 0. The standard InChI is InChI=1S/C15H23NO7/c1-22-10-4-8(2-3-9(10)18)5-16-6-11-13(19)15(21)14(20)12(7-17)23-11/h2-4,11-21H,5-7H2,1H3/t11-,12+,13-,14+,15+/m0/s1. The fourth-order valence-electron chi connectivity index (χ4n) is 2.54. The lowest BCUT2D eigenvalue weighted by Crippen LogP contribution is -2.60. The Morgan fingerprint density at radius 2 is 1.83 bits per heavy atom. The number of phenols is 1. The first-order valence-electron chi connectivity index (χ1n) is 7.35. The third-order valence-electron chi connectivity index (χ3n) is 3.91. The Balaban J connectivity index is 1.90. The van der Waals surface area contributed by atoms with Crippen LogP contribution in [-0.4, -0.2) is 76.3 Å². The van der Waals surface area contributed by atoms with Crippen molar-refractivity contribution in [2.45, 2.75) is 37.1 Å². The molecule has 1 aliphatic rings. The molecule has 0 spiro atoms. The van der Waals surface area contributed by atoms with Crippen molar-refractivity contribution in [1.82, 2.24) is 5.32 Å². The summed E-state index contributed by atoms with van der Waals surface area (Å²) in [6.45, 7) is 0.187. The number of ether oxygens (including phenoxy) is 2. The van der Waals surface area contributed by atoms with Crippen molar-refractivity contribution in [3.8, 4) is 11.5 Å². The highest BCUT2D eigenvalue weighted by Crippen LogP contribution is 2.26. The van der Waals surface area contributed by atoms with Gasteiger partial charge in [0.25, 0.3) is 0 Å². The van der Waals surface area contributed by atoms with E-state index < -0.39 is 37.1 Å². The molecule has 0 unspecified atom stereocenters. The molecule has 6 N–H and O–H groups in total. The van der Waals surface area contributed by atoms with Crippen LogP contribution in [0.15, 0.2) is 18.2 Å². The minimum Gasteiger partial charge on any atom is -0.504 e. The van der Waals surface area contributed by atoms with Gasteiger partial charge in [-0.2, -0.15) is 0 Å². The highest BCUT2D eigenvalue weighted by Gasteiger charge is 2.42. The van der Waals surface area contributed by atoms with Crippen molar-refractivity contribution in [1.29, 1.82) is 0 Å². The number of nitrogens with one attached hydrogen (secondary N) is 1. The summed E-state index contributed by atoms with van der Waals surface area (Å²) < 4.78 is 10.4. The number of rotatable bonds is 6. The molecule has 8 heteroatoms. The third kappa shape index (κ3) is 4.11. The van der Waals surface area contributed by atoms with E-state index in [9.17, 15) is 20.4 Å². The average Bonchev–Trinajstić information content (AvgIpc) is 2.56. The van der Waals surface area contributed by atoms with Gasteiger partial charge in [0.2, 0.25) is 0 Å². The lowest BCUT2D eigenvalue weighted by Gasteiger charge is -2.40. The van der Waals surface area contributed by atoms with Crippen molar-refractivity contribution in [3.05, 3.63) is 23.8 Å². The molecule has 130 valence electrons. The van der Waals surface area contributed by atoms with Crippen molar-refractivity contribution in [2.24, 2.45) is 0 Å². The van der Waals surface area contributed by atoms with Gasteiger partial charge < -0.3 is 40.3 Å². The van der Waals surface area contributed by atoms with E-state index in [1.165, 1.54) is 13.2 Å². The van der Waals surface area contributed by atoms with E-state index >= 15 is 0 Å². The lowest BCUT2D eigenvalue weighted by molar-refractivity contribution is -0.227. The number of aromatic hydroxyl groups is 1. The topological polar surface area (TPSA) is 132 Å². The van der Waals surface area contributed by atoms with Crippen LogP contribution < -0.4 is 10.1 Å². The Hall–Kier alpha value is -1.42. The molecule has 1 aromatic rings. The van der Waals surface area contributed by atoms with Crippen molar-refractivity contribution >= 4 is 0 Å². The Morgan fingerprint density at radius 1 is 1.13 bits per heavy atom. The first-order chi connectivity index (χ1) is 11.0. The van der Waals surface area contributed by atoms with E-state index in [4.69, 9.17) is 14.6 Å². The molecular weight excluding hydrogens is 306 g/mol. The maximum atomic E-state index is 9.93. The minimum atomic E-state index is -1.37. The lowest BCUT2D eigenvalue weighted by atomic mass is 9.95. The predicted molar refractivity (Wildman–Crippen MR) is 80.1 cm³/mol. The molecule has 0 amide bonds. The summed E-state index contributed by atoms with van der Waals surface area (Å²) in [5.41, 5.74) is 0.851. The number of aliphatic hydroxyl groups is 4. The summed E-state index contributed by atoms with van der Waals surface area (Å²) in [6.07, 6.45) is -5.65. The third-order valence-corrected chi connectivity index (χ3v) is 3.91. The highest BCUT2D eigenvalue weighted by atomic mass is 16.5. The van der Waals surface area contributed by atoms with Gasteiger partial charge >= 0.3 is 0 Å². The van der Waals surface area contributed by atoms with Gasteiger partial charge in [-0.05, 0) is 17.7 Å². The average molecular weight is 329 g/mol. The van der Waals surface area contributed by atoms with Gasteiger partial charge in [0.15, 0.2) is 11.5 Å². The summed E-state index contributed by atoms with van der Waals surface area (Å²) in [6, 6.07) is 4.91. The van der Waals surface area contributed by atoms with Gasteiger partial charge in [0.05, 0.1) is 19.8 Å². The van der Waals surface area contributed by atoms with Crippen LogP contribution in [0.2, 0.25) is 0 Å².